The molecule has 0 aromatic rings. The van der Waals surface area contributed by atoms with Gasteiger partial charge >= 0.3 is 6.16 Å². The number of allylic oxidation sites excluding steroid dienone is 1. The fourth-order valence-electron chi connectivity index (χ4n) is 0.940. The van der Waals surface area contributed by atoms with Crippen LogP contribution in [0.25, 0.3) is 0 Å². The van der Waals surface area contributed by atoms with Crippen LogP contribution >= 0.6 is 0 Å². The quantitative estimate of drug-likeness (QED) is 0.595. The van der Waals surface area contributed by atoms with E-state index in [2.05, 4.69) is 4.74 Å². The topological polar surface area (TPSA) is 72.8 Å². The van der Waals surface area contributed by atoms with Gasteiger partial charge in [0.25, 0.3) is 0 Å². The van der Waals surface area contributed by atoms with Crippen LogP contribution in [0.5, 0.6) is 0 Å². The average Bonchev–Trinajstić information content (AvgIpc) is 2.16. The van der Waals surface area contributed by atoms with Crippen LogP contribution < -0.4 is 0 Å². The molecule has 5 nitrogen and oxygen atoms in total. The summed E-state index contributed by atoms with van der Waals surface area (Å²) in [7, 11) is 0. The van der Waals surface area contributed by atoms with E-state index in [-0.39, 0.29) is 11.5 Å². The molecule has 0 aliphatic carbocycles. The van der Waals surface area contributed by atoms with Crippen molar-refractivity contribution in [1.29, 1.82) is 0 Å². The molecule has 1 unspecified atom stereocenters. The molecule has 0 aromatic carbocycles. The van der Waals surface area contributed by atoms with Gasteiger partial charge in [0.2, 0.25) is 11.5 Å². The van der Waals surface area contributed by atoms with Crippen LogP contribution in [0.4, 0.5) is 4.79 Å². The van der Waals surface area contributed by atoms with Crippen LogP contribution in [0.1, 0.15) is 13.8 Å². The molecule has 1 aliphatic heterocycles. The van der Waals surface area contributed by atoms with Gasteiger partial charge in [-0.25, -0.2) is 4.79 Å². The third-order valence-corrected chi connectivity index (χ3v) is 1.46. The van der Waals surface area contributed by atoms with Crippen LogP contribution in [0.15, 0.2) is 11.5 Å². The Kier molecular flexibility index (Phi) is 2.03. The molecule has 0 bridgehead atoms. The maximum atomic E-state index is 11.1. The summed E-state index contributed by atoms with van der Waals surface area (Å²) in [6.07, 6.45) is -2.14. The van der Waals surface area contributed by atoms with Gasteiger partial charge in [-0.2, -0.15) is 0 Å². The molecule has 0 radical (unpaired) electrons. The summed E-state index contributed by atoms with van der Waals surface area (Å²) in [4.78, 5) is 21.2. The minimum Gasteiger partial charge on any atom is -0.483 e. The molecule has 1 atom stereocenters. The molecule has 0 amide bonds. The predicted molar refractivity (Wildman–Crippen MR) is 37.4 cm³/mol. The van der Waals surface area contributed by atoms with Crippen molar-refractivity contribution in [2.24, 2.45) is 0 Å². The zero-order valence-electron chi connectivity index (χ0n) is 6.66. The second-order valence-electron chi connectivity index (χ2n) is 2.38. The summed E-state index contributed by atoms with van der Waals surface area (Å²) in [5.74, 6) is -0.431. The van der Waals surface area contributed by atoms with Crippen molar-refractivity contribution in [3.05, 3.63) is 11.5 Å². The maximum Gasteiger partial charge on any atom is 0.511 e. The minimum atomic E-state index is -1.50. The zero-order valence-corrected chi connectivity index (χ0v) is 6.66. The van der Waals surface area contributed by atoms with E-state index in [1.54, 1.807) is 0 Å². The third-order valence-electron chi connectivity index (χ3n) is 1.46. The van der Waals surface area contributed by atoms with Gasteiger partial charge in [0.05, 0.1) is 0 Å². The molecule has 5 heteroatoms. The van der Waals surface area contributed by atoms with Gasteiger partial charge in [-0.3, -0.25) is 4.79 Å². The number of carbonyl (C=O) groups excluding carboxylic acids is 1. The molecule has 12 heavy (non-hydrogen) atoms. The lowest BCUT2D eigenvalue weighted by Crippen LogP contribution is -2.16. The Hall–Kier alpha value is -1.52. The highest BCUT2D eigenvalue weighted by Crippen LogP contribution is 2.21. The van der Waals surface area contributed by atoms with Gasteiger partial charge in [-0.1, -0.05) is 0 Å². The number of carboxylic acid groups (broad SMARTS) is 1. The average molecular weight is 172 g/mol. The molecule has 0 fully saturated rings. The summed E-state index contributed by atoms with van der Waals surface area (Å²) in [5, 5.41) is 8.23. The molecule has 0 aromatic heterocycles. The molecular formula is C7H8O5. The monoisotopic (exact) mass is 172 g/mol. The summed E-state index contributed by atoms with van der Waals surface area (Å²) < 4.78 is 9.16. The molecule has 0 saturated heterocycles. The van der Waals surface area contributed by atoms with Crippen LogP contribution in [0.2, 0.25) is 0 Å². The van der Waals surface area contributed by atoms with Gasteiger partial charge in [0.15, 0.2) is 6.10 Å². The van der Waals surface area contributed by atoms with Crippen LogP contribution in [-0.4, -0.2) is 23.1 Å². The van der Waals surface area contributed by atoms with Crippen LogP contribution in [0.3, 0.4) is 0 Å². The van der Waals surface area contributed by atoms with Crippen molar-refractivity contribution in [3.63, 3.8) is 0 Å². The summed E-state index contributed by atoms with van der Waals surface area (Å²) in [5.41, 5.74) is 0. The van der Waals surface area contributed by atoms with Crippen molar-refractivity contribution in [2.45, 2.75) is 20.0 Å². The fraction of sp³-hybridized carbons (Fsp3) is 0.429. The highest BCUT2D eigenvalue weighted by molar-refractivity contribution is 6.00. The zero-order chi connectivity index (χ0) is 9.30. The molecule has 1 heterocycles. The molecule has 1 N–H and O–H groups in total. The van der Waals surface area contributed by atoms with Crippen LogP contribution in [0, 0.1) is 0 Å². The Bertz CT molecular complexity index is 265. The number of ketones is 1. The van der Waals surface area contributed by atoms with Gasteiger partial charge in [-0.15, -0.1) is 0 Å². The highest BCUT2D eigenvalue weighted by Gasteiger charge is 2.32. The lowest BCUT2D eigenvalue weighted by Gasteiger charge is -1.99. The lowest BCUT2D eigenvalue weighted by molar-refractivity contribution is -0.122. The van der Waals surface area contributed by atoms with Gasteiger partial charge in [0, 0.05) is 0 Å². The van der Waals surface area contributed by atoms with Crippen molar-refractivity contribution in [1.82, 2.24) is 0 Å². The normalized spacial score (nSPS) is 22.5. The largest absolute Gasteiger partial charge is 0.511 e. The van der Waals surface area contributed by atoms with Gasteiger partial charge < -0.3 is 14.6 Å². The summed E-state index contributed by atoms with van der Waals surface area (Å²) in [6.45, 7) is 3.02. The van der Waals surface area contributed by atoms with E-state index >= 15 is 0 Å². The molecule has 1 rings (SSSR count). The van der Waals surface area contributed by atoms with E-state index < -0.39 is 18.0 Å². The van der Waals surface area contributed by atoms with E-state index in [4.69, 9.17) is 9.84 Å². The van der Waals surface area contributed by atoms with E-state index in [9.17, 15) is 9.59 Å². The predicted octanol–water partition coefficient (Wildman–Crippen LogP) is 0.900. The molecule has 0 spiro atoms. The van der Waals surface area contributed by atoms with E-state index in [0.29, 0.717) is 0 Å². The molecule has 66 valence electrons. The second-order valence-corrected chi connectivity index (χ2v) is 2.38. The summed E-state index contributed by atoms with van der Waals surface area (Å²) >= 11 is 0. The third kappa shape index (κ3) is 1.39. The van der Waals surface area contributed by atoms with Crippen molar-refractivity contribution in [2.75, 3.05) is 0 Å². The Morgan fingerprint density at radius 1 is 1.67 bits per heavy atom. The Balaban J connectivity index is 2.81. The fourth-order valence-corrected chi connectivity index (χ4v) is 0.940. The first-order valence-electron chi connectivity index (χ1n) is 3.35. The van der Waals surface area contributed by atoms with E-state index in [0.717, 1.165) is 0 Å². The Labute approximate surface area is 68.6 Å². The SMILES string of the molecule is CC1=C(OC(=O)O)C(=O)C(C)O1. The second kappa shape index (κ2) is 2.84. The number of Topliss-reactive ketones (excluding diaryl/α,β-unsaturated/α-hetero) is 1. The van der Waals surface area contributed by atoms with Gasteiger partial charge in [0.1, 0.15) is 5.76 Å². The number of carbonyl (C=O) groups is 2. The number of hydrogen-bond donors (Lipinski definition) is 1. The minimum absolute atomic E-state index is 0.213. The van der Waals surface area contributed by atoms with E-state index in [1.807, 2.05) is 0 Å². The first-order chi connectivity index (χ1) is 5.52. The Morgan fingerprint density at radius 3 is 2.58 bits per heavy atom. The smallest absolute Gasteiger partial charge is 0.483 e. The highest BCUT2D eigenvalue weighted by atomic mass is 16.7. The first kappa shape index (κ1) is 8.58. The maximum absolute atomic E-state index is 11.1. The van der Waals surface area contributed by atoms with Crippen molar-refractivity contribution < 1.29 is 24.2 Å². The molecule has 0 saturated carbocycles. The van der Waals surface area contributed by atoms with E-state index in [1.165, 1.54) is 13.8 Å². The Morgan fingerprint density at radius 2 is 2.25 bits per heavy atom. The van der Waals surface area contributed by atoms with Crippen molar-refractivity contribution in [3.8, 4) is 0 Å². The number of hydrogen-bond acceptors (Lipinski definition) is 4. The molecule has 1 aliphatic rings. The standard InChI is InChI=1S/C7H8O5/c1-3-5(8)6(4(2)11-3)12-7(9)10/h3H,1-2H3,(H,9,10). The summed E-state index contributed by atoms with van der Waals surface area (Å²) in [6, 6.07) is 0. The van der Waals surface area contributed by atoms with Crippen LogP contribution in [-0.2, 0) is 14.3 Å². The number of ether oxygens (including phenoxy) is 2. The number of rotatable bonds is 1. The first-order valence-corrected chi connectivity index (χ1v) is 3.35. The molecular weight excluding hydrogens is 164 g/mol. The van der Waals surface area contributed by atoms with Gasteiger partial charge in [-0.05, 0) is 13.8 Å². The van der Waals surface area contributed by atoms with Crippen molar-refractivity contribution >= 4 is 11.9 Å². The lowest BCUT2D eigenvalue weighted by atomic mass is 10.2.